The predicted octanol–water partition coefficient (Wildman–Crippen LogP) is 0.0380. The van der Waals surface area contributed by atoms with Crippen molar-refractivity contribution in [2.24, 2.45) is 0 Å². The molecule has 1 heterocycles. The van der Waals surface area contributed by atoms with E-state index in [2.05, 4.69) is 0 Å². The van der Waals surface area contributed by atoms with Gasteiger partial charge in [0.05, 0.1) is 22.7 Å². The van der Waals surface area contributed by atoms with Gasteiger partial charge in [-0.15, -0.1) is 0 Å². The highest BCUT2D eigenvalue weighted by molar-refractivity contribution is 7.89. The Balaban J connectivity index is 2.62. The SMILES string of the molecule is CN1C(=O)Cc2cc(S(=O)(=O)N(C)C)cc(N)c21. The van der Waals surface area contributed by atoms with Gasteiger partial charge in [-0.25, -0.2) is 12.7 Å². The summed E-state index contributed by atoms with van der Waals surface area (Å²) in [6.45, 7) is 0. The van der Waals surface area contributed by atoms with Crippen molar-refractivity contribution in [3.8, 4) is 0 Å². The molecule has 7 heteroatoms. The Labute approximate surface area is 106 Å². The summed E-state index contributed by atoms with van der Waals surface area (Å²) in [6, 6.07) is 2.91. The fourth-order valence-corrected chi connectivity index (χ4v) is 2.99. The molecule has 6 nitrogen and oxygen atoms in total. The van der Waals surface area contributed by atoms with Gasteiger partial charge in [0, 0.05) is 21.1 Å². The van der Waals surface area contributed by atoms with E-state index in [4.69, 9.17) is 5.73 Å². The number of fused-ring (bicyclic) bond motifs is 1. The lowest BCUT2D eigenvalue weighted by molar-refractivity contribution is -0.117. The van der Waals surface area contributed by atoms with Crippen LogP contribution in [0.5, 0.6) is 0 Å². The van der Waals surface area contributed by atoms with Crippen LogP contribution >= 0.6 is 0 Å². The first-order valence-electron chi connectivity index (χ1n) is 5.36. The predicted molar refractivity (Wildman–Crippen MR) is 68.8 cm³/mol. The third kappa shape index (κ3) is 1.75. The Morgan fingerprint density at radius 1 is 1.33 bits per heavy atom. The molecule has 1 aliphatic heterocycles. The number of anilines is 2. The Kier molecular flexibility index (Phi) is 2.83. The molecule has 0 aromatic heterocycles. The first kappa shape index (κ1) is 12.8. The second-order valence-corrected chi connectivity index (χ2v) is 6.59. The first-order valence-corrected chi connectivity index (χ1v) is 6.80. The van der Waals surface area contributed by atoms with Crippen LogP contribution in [-0.4, -0.2) is 39.8 Å². The molecule has 0 unspecified atom stereocenters. The Morgan fingerprint density at radius 2 is 1.94 bits per heavy atom. The largest absolute Gasteiger partial charge is 0.397 e. The number of amides is 1. The van der Waals surface area contributed by atoms with Crippen LogP contribution in [0.1, 0.15) is 5.56 Å². The zero-order valence-corrected chi connectivity index (χ0v) is 11.3. The van der Waals surface area contributed by atoms with E-state index in [1.165, 1.54) is 31.1 Å². The van der Waals surface area contributed by atoms with Gasteiger partial charge >= 0.3 is 0 Å². The van der Waals surface area contributed by atoms with Gasteiger partial charge in [0.2, 0.25) is 15.9 Å². The van der Waals surface area contributed by atoms with Crippen molar-refractivity contribution < 1.29 is 13.2 Å². The lowest BCUT2D eigenvalue weighted by Gasteiger charge is -2.16. The van der Waals surface area contributed by atoms with Crippen molar-refractivity contribution in [2.45, 2.75) is 11.3 Å². The van der Waals surface area contributed by atoms with Crippen LogP contribution < -0.4 is 10.6 Å². The Bertz CT molecular complexity index is 623. The first-order chi connectivity index (χ1) is 8.25. The second-order valence-electron chi connectivity index (χ2n) is 4.44. The van der Waals surface area contributed by atoms with Crippen LogP contribution in [0.4, 0.5) is 11.4 Å². The highest BCUT2D eigenvalue weighted by Gasteiger charge is 2.29. The molecule has 1 aromatic rings. The maximum absolute atomic E-state index is 12.0. The fraction of sp³-hybridized carbons (Fsp3) is 0.364. The Morgan fingerprint density at radius 3 is 2.50 bits per heavy atom. The number of carbonyl (C=O) groups excluding carboxylic acids is 1. The molecule has 0 aliphatic carbocycles. The molecule has 0 spiro atoms. The summed E-state index contributed by atoms with van der Waals surface area (Å²) in [4.78, 5) is 13.2. The highest BCUT2D eigenvalue weighted by atomic mass is 32.2. The maximum Gasteiger partial charge on any atom is 0.242 e. The van der Waals surface area contributed by atoms with E-state index < -0.39 is 10.0 Å². The summed E-state index contributed by atoms with van der Waals surface area (Å²) >= 11 is 0. The molecule has 1 aliphatic rings. The van der Waals surface area contributed by atoms with E-state index in [-0.39, 0.29) is 17.2 Å². The summed E-state index contributed by atoms with van der Waals surface area (Å²) in [6.07, 6.45) is 0.187. The van der Waals surface area contributed by atoms with Crippen molar-refractivity contribution in [3.63, 3.8) is 0 Å². The number of benzene rings is 1. The number of carbonyl (C=O) groups is 1. The molecule has 0 saturated carbocycles. The minimum absolute atomic E-state index is 0.0869. The molecular weight excluding hydrogens is 254 g/mol. The van der Waals surface area contributed by atoms with Gasteiger partial charge in [0.15, 0.2) is 0 Å². The van der Waals surface area contributed by atoms with Gasteiger partial charge in [-0.1, -0.05) is 0 Å². The van der Waals surface area contributed by atoms with Crippen LogP contribution in [0.2, 0.25) is 0 Å². The number of nitrogen functional groups attached to an aromatic ring is 1. The fourth-order valence-electron chi connectivity index (χ4n) is 2.00. The van der Waals surface area contributed by atoms with Crippen molar-refractivity contribution in [1.82, 2.24) is 4.31 Å². The lowest BCUT2D eigenvalue weighted by atomic mass is 10.1. The second kappa shape index (κ2) is 3.96. The molecule has 0 fully saturated rings. The quantitative estimate of drug-likeness (QED) is 0.768. The van der Waals surface area contributed by atoms with E-state index in [0.717, 1.165) is 4.31 Å². The number of hydrogen-bond acceptors (Lipinski definition) is 4. The van der Waals surface area contributed by atoms with Gasteiger partial charge in [-0.2, -0.15) is 0 Å². The van der Waals surface area contributed by atoms with Crippen LogP contribution in [0, 0.1) is 0 Å². The average Bonchev–Trinajstić information content (AvgIpc) is 2.54. The standard InChI is InChI=1S/C11H15N3O3S/c1-13(2)18(16,17)8-4-7-5-10(15)14(3)11(7)9(12)6-8/h4,6H,5,12H2,1-3H3. The summed E-state index contributed by atoms with van der Waals surface area (Å²) in [5.41, 5.74) is 7.42. The van der Waals surface area contributed by atoms with E-state index >= 15 is 0 Å². The lowest BCUT2D eigenvalue weighted by Crippen LogP contribution is -2.23. The highest BCUT2D eigenvalue weighted by Crippen LogP contribution is 2.36. The third-order valence-electron chi connectivity index (χ3n) is 3.02. The summed E-state index contributed by atoms with van der Waals surface area (Å²) in [7, 11) is 1.01. The van der Waals surface area contributed by atoms with Crippen molar-refractivity contribution >= 4 is 27.3 Å². The molecule has 1 amide bonds. The van der Waals surface area contributed by atoms with Gasteiger partial charge in [-0.05, 0) is 17.7 Å². The van der Waals surface area contributed by atoms with E-state index in [1.807, 2.05) is 0 Å². The topological polar surface area (TPSA) is 83.7 Å². The number of nitrogens with two attached hydrogens (primary N) is 1. The number of likely N-dealkylation sites (N-methyl/N-ethyl adjacent to an activating group) is 1. The number of nitrogens with zero attached hydrogens (tertiary/aromatic N) is 2. The molecule has 2 rings (SSSR count). The number of hydrogen-bond donors (Lipinski definition) is 1. The minimum atomic E-state index is -3.53. The van der Waals surface area contributed by atoms with Crippen LogP contribution in [0.15, 0.2) is 17.0 Å². The van der Waals surface area contributed by atoms with Crippen molar-refractivity contribution in [1.29, 1.82) is 0 Å². The molecule has 0 radical (unpaired) electrons. The molecule has 1 aromatic carbocycles. The normalized spacial score (nSPS) is 15.3. The molecule has 2 N–H and O–H groups in total. The van der Waals surface area contributed by atoms with Gasteiger partial charge in [-0.3, -0.25) is 4.79 Å². The molecular formula is C11H15N3O3S. The maximum atomic E-state index is 12.0. The zero-order valence-electron chi connectivity index (χ0n) is 10.5. The van der Waals surface area contributed by atoms with Crippen LogP contribution in [0.25, 0.3) is 0 Å². The van der Waals surface area contributed by atoms with Gasteiger partial charge in [0.25, 0.3) is 0 Å². The number of rotatable bonds is 2. The monoisotopic (exact) mass is 269 g/mol. The van der Waals surface area contributed by atoms with E-state index in [0.29, 0.717) is 16.9 Å². The average molecular weight is 269 g/mol. The van der Waals surface area contributed by atoms with E-state index in [1.54, 1.807) is 7.05 Å². The molecule has 0 bridgehead atoms. The van der Waals surface area contributed by atoms with Crippen LogP contribution in [-0.2, 0) is 21.2 Å². The third-order valence-corrected chi connectivity index (χ3v) is 4.81. The van der Waals surface area contributed by atoms with Crippen molar-refractivity contribution in [3.05, 3.63) is 17.7 Å². The molecule has 18 heavy (non-hydrogen) atoms. The molecule has 98 valence electrons. The Hall–Kier alpha value is -1.60. The van der Waals surface area contributed by atoms with Gasteiger partial charge < -0.3 is 10.6 Å². The smallest absolute Gasteiger partial charge is 0.242 e. The van der Waals surface area contributed by atoms with Crippen LogP contribution in [0.3, 0.4) is 0 Å². The number of sulfonamides is 1. The minimum Gasteiger partial charge on any atom is -0.397 e. The molecule has 0 atom stereocenters. The zero-order chi connectivity index (χ0) is 13.7. The summed E-state index contributed by atoms with van der Waals surface area (Å²) < 4.78 is 25.2. The van der Waals surface area contributed by atoms with Crippen molar-refractivity contribution in [2.75, 3.05) is 31.8 Å². The van der Waals surface area contributed by atoms with Gasteiger partial charge in [0.1, 0.15) is 0 Å². The van der Waals surface area contributed by atoms with E-state index in [9.17, 15) is 13.2 Å². The molecule has 0 saturated heterocycles. The summed E-state index contributed by atoms with van der Waals surface area (Å²) in [5, 5.41) is 0. The summed E-state index contributed by atoms with van der Waals surface area (Å²) in [5.74, 6) is -0.0869.